The van der Waals surface area contributed by atoms with E-state index in [0.29, 0.717) is 18.1 Å². The van der Waals surface area contributed by atoms with Crippen molar-refractivity contribution in [1.82, 2.24) is 13.7 Å². The van der Waals surface area contributed by atoms with Crippen LogP contribution in [0, 0.1) is 0 Å². The highest BCUT2D eigenvalue weighted by Gasteiger charge is 2.32. The second-order valence-electron chi connectivity index (χ2n) is 3.87. The van der Waals surface area contributed by atoms with Gasteiger partial charge in [0.25, 0.3) is 10.0 Å². The molecule has 8 heteroatoms. The third-order valence-electron chi connectivity index (χ3n) is 2.83. The van der Waals surface area contributed by atoms with Crippen molar-refractivity contribution in [1.29, 1.82) is 0 Å². The summed E-state index contributed by atoms with van der Waals surface area (Å²) in [6.07, 6.45) is 3.49. The molecule has 0 saturated carbocycles. The fourth-order valence-corrected chi connectivity index (χ4v) is 4.94. The Morgan fingerprint density at radius 3 is 2.76 bits per heavy atom. The maximum absolute atomic E-state index is 12.4. The average Bonchev–Trinajstić information content (AvgIpc) is 2.88. The van der Waals surface area contributed by atoms with Gasteiger partial charge in [-0.25, -0.2) is 13.4 Å². The standard InChI is InChI=1S/C9H10ClN3O2S2/c10-7-8(13-5-6-16-9(13)11-7)17(14,15)12-3-1-2-4-12/h5-6H,1-4H2. The van der Waals surface area contributed by atoms with Gasteiger partial charge in [0, 0.05) is 24.7 Å². The van der Waals surface area contributed by atoms with Crippen molar-refractivity contribution in [2.75, 3.05) is 13.1 Å². The number of fused-ring (bicyclic) bond motifs is 1. The molecule has 1 fully saturated rings. The van der Waals surface area contributed by atoms with E-state index in [0.717, 1.165) is 12.8 Å². The van der Waals surface area contributed by atoms with E-state index in [1.165, 1.54) is 15.6 Å². The highest BCUT2D eigenvalue weighted by atomic mass is 35.5. The van der Waals surface area contributed by atoms with Gasteiger partial charge in [-0.15, -0.1) is 11.3 Å². The summed E-state index contributed by atoms with van der Waals surface area (Å²) < 4.78 is 27.8. The van der Waals surface area contributed by atoms with Crippen molar-refractivity contribution >= 4 is 37.9 Å². The maximum atomic E-state index is 12.4. The summed E-state index contributed by atoms with van der Waals surface area (Å²) in [5.41, 5.74) is 0. The maximum Gasteiger partial charge on any atom is 0.262 e. The predicted octanol–water partition coefficient (Wildman–Crippen LogP) is 1.83. The van der Waals surface area contributed by atoms with Crippen molar-refractivity contribution in [3.8, 4) is 0 Å². The molecule has 2 aromatic heterocycles. The summed E-state index contributed by atoms with van der Waals surface area (Å²) in [4.78, 5) is 4.66. The zero-order valence-electron chi connectivity index (χ0n) is 8.84. The lowest BCUT2D eigenvalue weighted by Gasteiger charge is -2.14. The number of aromatic nitrogens is 2. The molecule has 17 heavy (non-hydrogen) atoms. The fourth-order valence-electron chi connectivity index (χ4n) is 2.02. The molecule has 1 aliphatic rings. The first-order chi connectivity index (χ1) is 8.10. The molecule has 3 heterocycles. The molecule has 0 unspecified atom stereocenters. The number of halogens is 1. The highest BCUT2D eigenvalue weighted by molar-refractivity contribution is 7.89. The molecule has 0 amide bonds. The first-order valence-electron chi connectivity index (χ1n) is 5.22. The number of imidazole rings is 1. The Morgan fingerprint density at radius 2 is 2.06 bits per heavy atom. The van der Waals surface area contributed by atoms with Gasteiger partial charge in [-0.05, 0) is 12.8 Å². The van der Waals surface area contributed by atoms with Gasteiger partial charge in [-0.2, -0.15) is 4.31 Å². The SMILES string of the molecule is O=S(=O)(c1c(Cl)nc2sccn12)N1CCCC1. The largest absolute Gasteiger partial charge is 0.279 e. The third kappa shape index (κ3) is 1.69. The average molecular weight is 292 g/mol. The minimum Gasteiger partial charge on any atom is -0.279 e. The molecule has 1 saturated heterocycles. The van der Waals surface area contributed by atoms with Crippen LogP contribution in [0.4, 0.5) is 0 Å². The Kier molecular flexibility index (Phi) is 2.66. The first kappa shape index (κ1) is 11.5. The molecule has 3 rings (SSSR count). The van der Waals surface area contributed by atoms with Crippen molar-refractivity contribution < 1.29 is 8.42 Å². The molecule has 5 nitrogen and oxygen atoms in total. The minimum absolute atomic E-state index is 0.0590. The normalized spacial score (nSPS) is 18.2. The van der Waals surface area contributed by atoms with Gasteiger partial charge in [-0.1, -0.05) is 11.6 Å². The summed E-state index contributed by atoms with van der Waals surface area (Å²) in [6, 6.07) is 0. The molecule has 0 aromatic carbocycles. The van der Waals surface area contributed by atoms with Gasteiger partial charge >= 0.3 is 0 Å². The van der Waals surface area contributed by atoms with Crippen molar-refractivity contribution in [2.45, 2.75) is 17.9 Å². The van der Waals surface area contributed by atoms with Crippen molar-refractivity contribution in [2.24, 2.45) is 0 Å². The Labute approximate surface area is 108 Å². The summed E-state index contributed by atoms with van der Waals surface area (Å²) in [7, 11) is -3.51. The van der Waals surface area contributed by atoms with Crippen molar-refractivity contribution in [3.63, 3.8) is 0 Å². The molecule has 0 spiro atoms. The van der Waals surface area contributed by atoms with E-state index >= 15 is 0 Å². The monoisotopic (exact) mass is 291 g/mol. The highest BCUT2D eigenvalue weighted by Crippen LogP contribution is 2.29. The summed E-state index contributed by atoms with van der Waals surface area (Å²) in [5.74, 6) is 0. The van der Waals surface area contributed by atoms with E-state index in [2.05, 4.69) is 4.98 Å². The number of sulfonamides is 1. The molecular formula is C9H10ClN3O2S2. The summed E-state index contributed by atoms with van der Waals surface area (Å²) in [6.45, 7) is 1.13. The van der Waals surface area contributed by atoms with Gasteiger partial charge in [0.15, 0.2) is 15.1 Å². The van der Waals surface area contributed by atoms with E-state index in [1.807, 2.05) is 0 Å². The first-order valence-corrected chi connectivity index (χ1v) is 7.91. The molecular weight excluding hydrogens is 282 g/mol. The van der Waals surface area contributed by atoms with Crippen LogP contribution in [0.1, 0.15) is 12.8 Å². The van der Waals surface area contributed by atoms with E-state index < -0.39 is 10.0 Å². The molecule has 0 atom stereocenters. The van der Waals surface area contributed by atoms with Gasteiger partial charge in [0.2, 0.25) is 0 Å². The van der Waals surface area contributed by atoms with Gasteiger partial charge in [0.05, 0.1) is 0 Å². The number of hydrogen-bond donors (Lipinski definition) is 0. The summed E-state index contributed by atoms with van der Waals surface area (Å²) >= 11 is 7.31. The van der Waals surface area contributed by atoms with E-state index in [-0.39, 0.29) is 10.2 Å². The Balaban J connectivity index is 2.19. The quantitative estimate of drug-likeness (QED) is 0.848. The molecule has 0 bridgehead atoms. The fraction of sp³-hybridized carbons (Fsp3) is 0.444. The smallest absolute Gasteiger partial charge is 0.262 e. The van der Waals surface area contributed by atoms with Crippen LogP contribution < -0.4 is 0 Å². The van der Waals surface area contributed by atoms with Crippen LogP contribution in [-0.4, -0.2) is 35.2 Å². The van der Waals surface area contributed by atoms with Crippen LogP contribution in [-0.2, 0) is 10.0 Å². The molecule has 2 aromatic rings. The van der Waals surface area contributed by atoms with E-state index in [9.17, 15) is 8.42 Å². The second-order valence-corrected chi connectivity index (χ2v) is 6.96. The van der Waals surface area contributed by atoms with Crippen molar-refractivity contribution in [3.05, 3.63) is 16.7 Å². The zero-order valence-corrected chi connectivity index (χ0v) is 11.2. The molecule has 0 aliphatic carbocycles. The van der Waals surface area contributed by atoms with Gasteiger partial charge in [-0.3, -0.25) is 4.40 Å². The molecule has 92 valence electrons. The Hall–Kier alpha value is -0.630. The minimum atomic E-state index is -3.51. The van der Waals surface area contributed by atoms with Crippen LogP contribution in [0.5, 0.6) is 0 Å². The second kappa shape index (κ2) is 3.94. The van der Waals surface area contributed by atoms with Gasteiger partial charge in [0.1, 0.15) is 0 Å². The van der Waals surface area contributed by atoms with Crippen LogP contribution in [0.25, 0.3) is 4.96 Å². The molecule has 0 N–H and O–H groups in total. The van der Waals surface area contributed by atoms with Crippen LogP contribution >= 0.6 is 22.9 Å². The number of rotatable bonds is 2. The third-order valence-corrected chi connectivity index (χ3v) is 5.88. The topological polar surface area (TPSA) is 54.7 Å². The predicted molar refractivity (Wildman–Crippen MR) is 66.1 cm³/mol. The lowest BCUT2D eigenvalue weighted by Crippen LogP contribution is -2.28. The number of thiazole rings is 1. The Bertz CT molecular complexity index is 655. The van der Waals surface area contributed by atoms with Crippen LogP contribution in [0.15, 0.2) is 16.6 Å². The van der Waals surface area contributed by atoms with E-state index in [4.69, 9.17) is 11.6 Å². The lowest BCUT2D eigenvalue weighted by atomic mass is 10.4. The number of nitrogens with zero attached hydrogens (tertiary/aromatic N) is 3. The zero-order chi connectivity index (χ0) is 12.0. The molecule has 1 aliphatic heterocycles. The lowest BCUT2D eigenvalue weighted by molar-refractivity contribution is 0.474. The van der Waals surface area contributed by atoms with Crippen LogP contribution in [0.2, 0.25) is 5.15 Å². The van der Waals surface area contributed by atoms with Crippen LogP contribution in [0.3, 0.4) is 0 Å². The Morgan fingerprint density at radius 1 is 1.35 bits per heavy atom. The summed E-state index contributed by atoms with van der Waals surface area (Å²) in [5, 5.41) is 1.95. The molecule has 0 radical (unpaired) electrons. The van der Waals surface area contributed by atoms with Gasteiger partial charge < -0.3 is 0 Å². The number of hydrogen-bond acceptors (Lipinski definition) is 4. The van der Waals surface area contributed by atoms with E-state index in [1.54, 1.807) is 16.0 Å².